The van der Waals surface area contributed by atoms with E-state index in [1.165, 1.54) is 16.7 Å². The average Bonchev–Trinajstić information content (AvgIpc) is 2.65. The summed E-state index contributed by atoms with van der Waals surface area (Å²) < 4.78 is 0. The first-order valence-electron chi connectivity index (χ1n) is 9.09. The highest BCUT2D eigenvalue weighted by Gasteiger charge is 2.24. The second-order valence-electron chi connectivity index (χ2n) is 6.82. The van der Waals surface area contributed by atoms with Gasteiger partial charge in [0.1, 0.15) is 0 Å². The van der Waals surface area contributed by atoms with Crippen molar-refractivity contribution in [1.82, 2.24) is 15.2 Å². The third kappa shape index (κ3) is 5.25. The first-order chi connectivity index (χ1) is 12.2. The van der Waals surface area contributed by atoms with Gasteiger partial charge in [-0.1, -0.05) is 38.1 Å². The van der Waals surface area contributed by atoms with Crippen molar-refractivity contribution in [2.75, 3.05) is 32.4 Å². The summed E-state index contributed by atoms with van der Waals surface area (Å²) in [6, 6.07) is 10.5. The smallest absolute Gasteiger partial charge is 0.193 e. The van der Waals surface area contributed by atoms with Crippen molar-refractivity contribution in [2.45, 2.75) is 25.5 Å². The van der Waals surface area contributed by atoms with Crippen LogP contribution in [0.1, 0.15) is 19.4 Å². The third-order valence-electron chi connectivity index (χ3n) is 4.74. The highest BCUT2D eigenvalue weighted by atomic mass is 127. The fourth-order valence-electron chi connectivity index (χ4n) is 3.28. The van der Waals surface area contributed by atoms with Gasteiger partial charge in [0.05, 0.1) is 5.52 Å². The van der Waals surface area contributed by atoms with E-state index in [1.54, 1.807) is 0 Å². The molecule has 1 aliphatic rings. The highest BCUT2D eigenvalue weighted by molar-refractivity contribution is 14.0. The fraction of sp³-hybridized carbons (Fsp3) is 0.500. The molecule has 6 heteroatoms. The van der Waals surface area contributed by atoms with Crippen LogP contribution in [0.3, 0.4) is 0 Å². The molecule has 0 aliphatic carbocycles. The van der Waals surface area contributed by atoms with Gasteiger partial charge in [-0.3, -0.25) is 9.98 Å². The molecule has 1 N–H and O–H groups in total. The predicted octanol–water partition coefficient (Wildman–Crippen LogP) is 4.04. The molecule has 1 saturated heterocycles. The van der Waals surface area contributed by atoms with Gasteiger partial charge in [0.2, 0.25) is 0 Å². The van der Waals surface area contributed by atoms with Gasteiger partial charge in [-0.25, -0.2) is 0 Å². The number of aromatic nitrogens is 1. The van der Waals surface area contributed by atoms with Gasteiger partial charge in [0.15, 0.2) is 5.96 Å². The van der Waals surface area contributed by atoms with Crippen LogP contribution < -0.4 is 5.32 Å². The average molecular weight is 484 g/mol. The Morgan fingerprint density at radius 3 is 2.92 bits per heavy atom. The van der Waals surface area contributed by atoms with E-state index in [0.717, 1.165) is 37.5 Å². The number of fused-ring (bicyclic) bond motifs is 1. The van der Waals surface area contributed by atoms with Crippen LogP contribution in [-0.4, -0.2) is 53.5 Å². The number of thioether (sulfide) groups is 1. The molecule has 2 aromatic rings. The molecule has 0 spiro atoms. The second kappa shape index (κ2) is 10.3. The summed E-state index contributed by atoms with van der Waals surface area (Å²) in [5.74, 6) is 2.91. The number of nitrogens with zero attached hydrogens (tertiary/aromatic N) is 3. The summed E-state index contributed by atoms with van der Waals surface area (Å²) in [6.07, 6.45) is 2.82. The molecule has 142 valence electrons. The van der Waals surface area contributed by atoms with E-state index in [2.05, 4.69) is 70.1 Å². The van der Waals surface area contributed by atoms with E-state index in [0.29, 0.717) is 11.2 Å². The molecule has 1 unspecified atom stereocenters. The molecule has 3 rings (SSSR count). The Balaban J connectivity index is 0.00000243. The fourth-order valence-corrected chi connectivity index (χ4v) is 4.58. The zero-order valence-electron chi connectivity index (χ0n) is 15.8. The van der Waals surface area contributed by atoms with E-state index >= 15 is 0 Å². The van der Waals surface area contributed by atoms with Gasteiger partial charge in [0, 0.05) is 49.3 Å². The van der Waals surface area contributed by atoms with Gasteiger partial charge in [-0.15, -0.1) is 24.0 Å². The lowest BCUT2D eigenvalue weighted by atomic mass is 10.1. The summed E-state index contributed by atoms with van der Waals surface area (Å²) in [7, 11) is 1.88. The quantitative estimate of drug-likeness (QED) is 0.404. The molecule has 1 fully saturated rings. The van der Waals surface area contributed by atoms with Crippen molar-refractivity contribution < 1.29 is 0 Å². The van der Waals surface area contributed by atoms with Crippen LogP contribution in [0.15, 0.2) is 41.5 Å². The van der Waals surface area contributed by atoms with Crippen molar-refractivity contribution in [1.29, 1.82) is 0 Å². The second-order valence-corrected chi connectivity index (χ2v) is 8.16. The van der Waals surface area contributed by atoms with Crippen molar-refractivity contribution in [3.8, 4) is 0 Å². The number of para-hydroxylation sites is 1. The Morgan fingerprint density at radius 2 is 2.15 bits per heavy atom. The molecular formula is C20H29IN4S. The first kappa shape index (κ1) is 21.3. The topological polar surface area (TPSA) is 40.5 Å². The molecular weight excluding hydrogens is 455 g/mol. The number of nitrogens with one attached hydrogen (secondary N) is 1. The Morgan fingerprint density at radius 1 is 1.35 bits per heavy atom. The van der Waals surface area contributed by atoms with E-state index in [9.17, 15) is 0 Å². The monoisotopic (exact) mass is 484 g/mol. The molecule has 1 aliphatic heterocycles. The molecule has 1 atom stereocenters. The molecule has 4 nitrogen and oxygen atoms in total. The van der Waals surface area contributed by atoms with Crippen LogP contribution in [0.5, 0.6) is 0 Å². The lowest BCUT2D eigenvalue weighted by molar-refractivity contribution is 0.381. The van der Waals surface area contributed by atoms with E-state index in [-0.39, 0.29) is 24.0 Å². The summed E-state index contributed by atoms with van der Waals surface area (Å²) in [5.41, 5.74) is 2.39. The number of halogens is 1. The molecule has 0 radical (unpaired) electrons. The largest absolute Gasteiger partial charge is 0.356 e. The maximum atomic E-state index is 4.55. The standard InChI is InChI=1S/C20H28N4S.HI/c1-15(2)18-14-24(12-13-25-18)20(21-3)23-11-9-17-7-4-6-16-8-5-10-22-19(16)17;/h4-8,10,15,18H,9,11-14H2,1-3H3,(H,21,23);1H. The van der Waals surface area contributed by atoms with Crippen molar-refractivity contribution >= 4 is 52.6 Å². The van der Waals surface area contributed by atoms with Crippen LogP contribution in [0.4, 0.5) is 0 Å². The minimum atomic E-state index is 0. The summed E-state index contributed by atoms with van der Waals surface area (Å²) in [4.78, 5) is 11.5. The number of hydrogen-bond acceptors (Lipinski definition) is 3. The Kier molecular flexibility index (Phi) is 8.47. The Bertz CT molecular complexity index is 729. The van der Waals surface area contributed by atoms with E-state index in [4.69, 9.17) is 0 Å². The zero-order valence-corrected chi connectivity index (χ0v) is 19.0. The van der Waals surface area contributed by atoms with Crippen LogP contribution in [0.2, 0.25) is 0 Å². The molecule has 1 aromatic heterocycles. The number of pyridine rings is 1. The van der Waals surface area contributed by atoms with Crippen LogP contribution in [0.25, 0.3) is 10.9 Å². The molecule has 2 heterocycles. The number of hydrogen-bond donors (Lipinski definition) is 1. The lowest BCUT2D eigenvalue weighted by Crippen LogP contribution is -2.49. The predicted molar refractivity (Wildman–Crippen MR) is 125 cm³/mol. The third-order valence-corrected chi connectivity index (χ3v) is 6.28. The van der Waals surface area contributed by atoms with Gasteiger partial charge in [-0.05, 0) is 24.0 Å². The van der Waals surface area contributed by atoms with Crippen molar-refractivity contribution in [2.24, 2.45) is 10.9 Å². The molecule has 26 heavy (non-hydrogen) atoms. The molecule has 0 amide bonds. The minimum absolute atomic E-state index is 0. The Labute approximate surface area is 178 Å². The molecule has 0 bridgehead atoms. The molecule has 0 saturated carbocycles. The Hall–Kier alpha value is -1.02. The van der Waals surface area contributed by atoms with E-state index < -0.39 is 0 Å². The number of benzene rings is 1. The van der Waals surface area contributed by atoms with Crippen LogP contribution in [-0.2, 0) is 6.42 Å². The molecule has 1 aromatic carbocycles. The normalized spacial score (nSPS) is 18.1. The minimum Gasteiger partial charge on any atom is -0.356 e. The van der Waals surface area contributed by atoms with Gasteiger partial charge >= 0.3 is 0 Å². The van der Waals surface area contributed by atoms with Gasteiger partial charge in [0.25, 0.3) is 0 Å². The van der Waals surface area contributed by atoms with Crippen molar-refractivity contribution in [3.05, 3.63) is 42.1 Å². The van der Waals surface area contributed by atoms with Gasteiger partial charge < -0.3 is 10.2 Å². The van der Waals surface area contributed by atoms with Crippen molar-refractivity contribution in [3.63, 3.8) is 0 Å². The lowest BCUT2D eigenvalue weighted by Gasteiger charge is -2.36. The zero-order chi connectivity index (χ0) is 17.6. The van der Waals surface area contributed by atoms with Crippen LogP contribution >= 0.6 is 35.7 Å². The van der Waals surface area contributed by atoms with E-state index in [1.807, 2.05) is 19.3 Å². The SMILES string of the molecule is CN=C(NCCc1cccc2cccnc12)N1CCSC(C(C)C)C1.I. The summed E-state index contributed by atoms with van der Waals surface area (Å²) in [5, 5.41) is 5.45. The van der Waals surface area contributed by atoms with Gasteiger partial charge in [-0.2, -0.15) is 11.8 Å². The number of guanidine groups is 1. The maximum absolute atomic E-state index is 4.55. The first-order valence-corrected chi connectivity index (χ1v) is 10.1. The number of aliphatic imine (C=N–C) groups is 1. The highest BCUT2D eigenvalue weighted by Crippen LogP contribution is 2.24. The van der Waals surface area contributed by atoms with Crippen LogP contribution in [0, 0.1) is 5.92 Å². The maximum Gasteiger partial charge on any atom is 0.193 e. The summed E-state index contributed by atoms with van der Waals surface area (Å²) >= 11 is 2.09. The number of rotatable bonds is 4. The summed E-state index contributed by atoms with van der Waals surface area (Å²) in [6.45, 7) is 7.65.